The monoisotopic (exact) mass is 468 g/mol. The van der Waals surface area contributed by atoms with Crippen molar-refractivity contribution >= 4 is 29.2 Å². The molecular weight excluding hydrogens is 444 g/mol. The second kappa shape index (κ2) is 11.4. The van der Waals surface area contributed by atoms with Crippen LogP contribution in [-0.2, 0) is 0 Å². The van der Waals surface area contributed by atoms with Crippen molar-refractivity contribution in [2.45, 2.75) is 0 Å². The zero-order chi connectivity index (χ0) is 23.8. The summed E-state index contributed by atoms with van der Waals surface area (Å²) in [6.07, 6.45) is 2.85. The maximum absolute atomic E-state index is 12.8. The molecule has 0 fully saturated rings. The van der Waals surface area contributed by atoms with Crippen LogP contribution < -0.4 is 9.47 Å². The second-order valence-electron chi connectivity index (χ2n) is 7.16. The molecule has 0 saturated carbocycles. The number of aliphatic hydroxyl groups excluding tert-OH is 2. The van der Waals surface area contributed by atoms with Crippen LogP contribution in [0.15, 0.2) is 60.0 Å². The molecule has 0 bridgehead atoms. The van der Waals surface area contributed by atoms with Crippen LogP contribution in [0.4, 0.5) is 0 Å². The van der Waals surface area contributed by atoms with Crippen LogP contribution in [0.5, 0.6) is 11.5 Å². The fourth-order valence-corrected chi connectivity index (χ4v) is 3.88. The Hall–Kier alpha value is -3.46. The van der Waals surface area contributed by atoms with Gasteiger partial charge in [0, 0.05) is 33.6 Å². The molecule has 0 saturated heterocycles. The molecular formula is C25H24O7S. The number of carbonyl (C=O) groups is 2. The molecule has 3 N–H and O–H groups in total. The number of carbonyl (C=O) groups excluding carboxylic acids is 1. The molecule has 0 aliphatic rings. The summed E-state index contributed by atoms with van der Waals surface area (Å²) in [7, 11) is 1.54. The van der Waals surface area contributed by atoms with Crippen LogP contribution >= 0.6 is 11.3 Å². The van der Waals surface area contributed by atoms with Crippen LogP contribution in [0.2, 0.25) is 0 Å². The number of rotatable bonds is 11. The highest BCUT2D eigenvalue weighted by atomic mass is 32.1. The molecule has 3 rings (SSSR count). The van der Waals surface area contributed by atoms with Crippen molar-refractivity contribution in [3.05, 3.63) is 76.7 Å². The average molecular weight is 469 g/mol. The van der Waals surface area contributed by atoms with E-state index >= 15 is 0 Å². The maximum atomic E-state index is 12.8. The maximum Gasteiger partial charge on any atom is 0.336 e. The minimum Gasteiger partial charge on any atom is -0.496 e. The molecule has 172 valence electrons. The van der Waals surface area contributed by atoms with Gasteiger partial charge in [-0.05, 0) is 35.7 Å². The number of aliphatic hydroxyl groups is 2. The summed E-state index contributed by atoms with van der Waals surface area (Å²) in [4.78, 5) is 25.2. The van der Waals surface area contributed by atoms with Gasteiger partial charge in [-0.1, -0.05) is 24.3 Å². The first-order chi connectivity index (χ1) is 16.0. The van der Waals surface area contributed by atoms with Gasteiger partial charge < -0.3 is 24.8 Å². The van der Waals surface area contributed by atoms with Crippen molar-refractivity contribution < 1.29 is 34.4 Å². The third-order valence-corrected chi connectivity index (χ3v) is 5.85. The number of ketones is 1. The summed E-state index contributed by atoms with van der Waals surface area (Å²) in [5.41, 5.74) is 1.37. The average Bonchev–Trinajstić information content (AvgIpc) is 3.38. The summed E-state index contributed by atoms with van der Waals surface area (Å²) in [5, 5.41) is 30.0. The Morgan fingerprint density at radius 2 is 1.76 bits per heavy atom. The highest BCUT2D eigenvalue weighted by Crippen LogP contribution is 2.39. The van der Waals surface area contributed by atoms with Gasteiger partial charge in [0.25, 0.3) is 0 Å². The highest BCUT2D eigenvalue weighted by molar-refractivity contribution is 7.13. The number of hydrogen-bond acceptors (Lipinski definition) is 7. The minimum absolute atomic E-state index is 0.0607. The van der Waals surface area contributed by atoms with Gasteiger partial charge in [-0.15, -0.1) is 11.3 Å². The zero-order valence-electron chi connectivity index (χ0n) is 17.9. The van der Waals surface area contributed by atoms with Crippen molar-refractivity contribution in [2.24, 2.45) is 5.92 Å². The molecule has 1 heterocycles. The topological polar surface area (TPSA) is 113 Å². The summed E-state index contributed by atoms with van der Waals surface area (Å²) in [5.74, 6) is -1.14. The molecule has 7 nitrogen and oxygen atoms in total. The molecule has 0 unspecified atom stereocenters. The lowest BCUT2D eigenvalue weighted by atomic mass is 10.0. The lowest BCUT2D eigenvalue weighted by Gasteiger charge is -2.17. The smallest absolute Gasteiger partial charge is 0.336 e. The molecule has 33 heavy (non-hydrogen) atoms. The molecule has 0 aliphatic heterocycles. The molecule has 8 heteroatoms. The Kier molecular flexibility index (Phi) is 8.37. The molecule has 0 radical (unpaired) electrons. The Morgan fingerprint density at radius 3 is 2.36 bits per heavy atom. The summed E-state index contributed by atoms with van der Waals surface area (Å²) >= 11 is 1.53. The molecule has 3 aromatic rings. The predicted octanol–water partition coefficient (Wildman–Crippen LogP) is 4.00. The van der Waals surface area contributed by atoms with E-state index in [2.05, 4.69) is 0 Å². The fraction of sp³-hybridized carbons (Fsp3) is 0.200. The molecule has 0 spiro atoms. The molecule has 2 aromatic carbocycles. The molecule has 0 atom stereocenters. The van der Waals surface area contributed by atoms with E-state index in [9.17, 15) is 24.9 Å². The van der Waals surface area contributed by atoms with Gasteiger partial charge >= 0.3 is 5.97 Å². The standard InChI is InChI=1S/C25H24O7S/c1-31-23-12-22(32-15-16(13-26)14-27)17(11-20(23)24-7-4-10-33-24)8-9-21(28)18-5-2-3-6-19(18)25(29)30/h2-12,16,26-27H,13-15H2,1H3,(H,29,30). The lowest BCUT2D eigenvalue weighted by molar-refractivity contribution is 0.0692. The number of carboxylic acid groups (broad SMARTS) is 1. The van der Waals surface area contributed by atoms with Crippen LogP contribution in [0.1, 0.15) is 26.3 Å². The number of ether oxygens (including phenoxy) is 2. The number of benzene rings is 2. The van der Waals surface area contributed by atoms with E-state index in [0.29, 0.717) is 17.1 Å². The SMILES string of the molecule is COc1cc(OCC(CO)CO)c(C=CC(=O)c2ccccc2C(=O)O)cc1-c1cccs1. The van der Waals surface area contributed by atoms with Gasteiger partial charge in [0.1, 0.15) is 11.5 Å². The van der Waals surface area contributed by atoms with Gasteiger partial charge in [-0.2, -0.15) is 0 Å². The number of carboxylic acids is 1. The molecule has 0 aliphatic carbocycles. The Morgan fingerprint density at radius 1 is 1.03 bits per heavy atom. The number of hydrogen-bond donors (Lipinski definition) is 3. The fourth-order valence-electron chi connectivity index (χ4n) is 3.14. The third kappa shape index (κ3) is 5.87. The quantitative estimate of drug-likeness (QED) is 0.288. The van der Waals surface area contributed by atoms with Gasteiger partial charge in [0.15, 0.2) is 5.78 Å². The van der Waals surface area contributed by atoms with Gasteiger partial charge in [-0.3, -0.25) is 4.79 Å². The molecule has 0 amide bonds. The lowest BCUT2D eigenvalue weighted by Crippen LogP contribution is -2.20. The normalized spacial score (nSPS) is 11.2. The van der Waals surface area contributed by atoms with E-state index < -0.39 is 17.7 Å². The summed E-state index contributed by atoms with van der Waals surface area (Å²) in [6.45, 7) is -0.418. The van der Waals surface area contributed by atoms with Crippen molar-refractivity contribution in [1.29, 1.82) is 0 Å². The Balaban J connectivity index is 2.01. The molecule has 1 aromatic heterocycles. The van der Waals surface area contributed by atoms with Crippen molar-refractivity contribution in [2.75, 3.05) is 26.9 Å². The predicted molar refractivity (Wildman–Crippen MR) is 126 cm³/mol. The highest BCUT2D eigenvalue weighted by Gasteiger charge is 2.17. The first kappa shape index (κ1) is 24.2. The van der Waals surface area contributed by atoms with Gasteiger partial charge in [0.2, 0.25) is 0 Å². The summed E-state index contributed by atoms with van der Waals surface area (Å²) in [6, 6.07) is 13.4. The van der Waals surface area contributed by atoms with Crippen LogP contribution in [0.3, 0.4) is 0 Å². The van der Waals surface area contributed by atoms with Crippen molar-refractivity contribution in [3.63, 3.8) is 0 Å². The van der Waals surface area contributed by atoms with E-state index in [1.165, 1.54) is 29.5 Å². The van der Waals surface area contributed by atoms with Crippen molar-refractivity contribution in [3.8, 4) is 21.9 Å². The first-order valence-corrected chi connectivity index (χ1v) is 11.0. The second-order valence-corrected chi connectivity index (χ2v) is 8.11. The zero-order valence-corrected chi connectivity index (χ0v) is 18.7. The van der Waals surface area contributed by atoms with Crippen LogP contribution in [0.25, 0.3) is 16.5 Å². The number of methoxy groups -OCH3 is 1. The third-order valence-electron chi connectivity index (χ3n) is 4.95. The van der Waals surface area contributed by atoms with Crippen molar-refractivity contribution in [1.82, 2.24) is 0 Å². The van der Waals surface area contributed by atoms with Gasteiger partial charge in [-0.25, -0.2) is 4.79 Å². The Labute approximate surface area is 195 Å². The van der Waals surface area contributed by atoms with E-state index in [1.54, 1.807) is 31.4 Å². The van der Waals surface area contributed by atoms with E-state index in [4.69, 9.17) is 9.47 Å². The minimum atomic E-state index is -1.18. The first-order valence-electron chi connectivity index (χ1n) is 10.1. The number of allylic oxidation sites excluding steroid dienone is 1. The summed E-state index contributed by atoms with van der Waals surface area (Å²) < 4.78 is 11.4. The number of thiophene rings is 1. The van der Waals surface area contributed by atoms with E-state index in [-0.39, 0.29) is 30.9 Å². The van der Waals surface area contributed by atoms with Crippen LogP contribution in [-0.4, -0.2) is 54.0 Å². The Bertz CT molecular complexity index is 1130. The largest absolute Gasteiger partial charge is 0.496 e. The van der Waals surface area contributed by atoms with Gasteiger partial charge in [0.05, 0.1) is 32.5 Å². The van der Waals surface area contributed by atoms with E-state index in [0.717, 1.165) is 10.4 Å². The number of aromatic carboxylic acids is 1. The van der Waals surface area contributed by atoms with Crippen LogP contribution in [0, 0.1) is 5.92 Å². The van der Waals surface area contributed by atoms with E-state index in [1.807, 2.05) is 23.6 Å².